The Morgan fingerprint density at radius 3 is 2.62 bits per heavy atom. The maximum absolute atomic E-state index is 13.6. The number of morpholine rings is 1. The molecule has 0 saturated carbocycles. The second-order valence-electron chi connectivity index (χ2n) is 7.75. The number of rotatable bonds is 7. The molecule has 2 N–H and O–H groups in total. The first kappa shape index (κ1) is 21.9. The number of aryl methyl sites for hydroxylation is 1. The normalized spacial score (nSPS) is 14.4. The highest BCUT2D eigenvalue weighted by molar-refractivity contribution is 6.15. The third kappa shape index (κ3) is 4.19. The molecule has 1 aliphatic heterocycles. The Hall–Kier alpha value is -3.36. The average Bonchev–Trinajstić information content (AvgIpc) is 3.08. The van der Waals surface area contributed by atoms with Gasteiger partial charge in [-0.2, -0.15) is 0 Å². The molecule has 8 nitrogen and oxygen atoms in total. The molecule has 0 aliphatic carbocycles. The van der Waals surface area contributed by atoms with Crippen LogP contribution in [0, 0.1) is 6.92 Å². The number of aromatic nitrogens is 2. The lowest BCUT2D eigenvalue weighted by molar-refractivity contribution is 0.0362. The van der Waals surface area contributed by atoms with Crippen LogP contribution in [-0.2, 0) is 11.3 Å². The van der Waals surface area contributed by atoms with Crippen LogP contribution in [0.3, 0.4) is 0 Å². The second kappa shape index (κ2) is 9.42. The lowest BCUT2D eigenvalue weighted by atomic mass is 9.96. The van der Waals surface area contributed by atoms with Crippen molar-refractivity contribution >= 4 is 5.78 Å². The number of carbonyl (C=O) groups is 1. The molecule has 1 aliphatic rings. The predicted octanol–water partition coefficient (Wildman–Crippen LogP) is 2.84. The highest BCUT2D eigenvalue weighted by Gasteiger charge is 2.30. The van der Waals surface area contributed by atoms with Gasteiger partial charge in [0, 0.05) is 49.7 Å². The van der Waals surface area contributed by atoms with Crippen LogP contribution < -0.4 is 4.74 Å². The Morgan fingerprint density at radius 2 is 1.97 bits per heavy atom. The van der Waals surface area contributed by atoms with Crippen molar-refractivity contribution in [2.75, 3.05) is 40.0 Å². The summed E-state index contributed by atoms with van der Waals surface area (Å²) in [6.45, 7) is 5.79. The number of pyridine rings is 1. The van der Waals surface area contributed by atoms with Gasteiger partial charge in [-0.1, -0.05) is 0 Å². The Kier molecular flexibility index (Phi) is 6.43. The first-order valence-corrected chi connectivity index (χ1v) is 10.6. The van der Waals surface area contributed by atoms with E-state index >= 15 is 0 Å². The predicted molar refractivity (Wildman–Crippen MR) is 119 cm³/mol. The SMILES string of the molecule is COc1ccc(C(=O)c2c(O)c(O)n(CCN3CCOCC3)c2-c2cccnc2)c(C)c1. The van der Waals surface area contributed by atoms with Crippen LogP contribution in [0.15, 0.2) is 42.7 Å². The fourth-order valence-electron chi connectivity index (χ4n) is 4.05. The maximum Gasteiger partial charge on any atom is 0.235 e. The van der Waals surface area contributed by atoms with Gasteiger partial charge in [-0.05, 0) is 42.8 Å². The summed E-state index contributed by atoms with van der Waals surface area (Å²) in [5.41, 5.74) is 2.29. The first-order chi connectivity index (χ1) is 15.5. The van der Waals surface area contributed by atoms with E-state index in [0.717, 1.165) is 13.1 Å². The third-order valence-corrected chi connectivity index (χ3v) is 5.79. The molecule has 8 heteroatoms. The van der Waals surface area contributed by atoms with Crippen LogP contribution in [0.25, 0.3) is 11.3 Å². The largest absolute Gasteiger partial charge is 0.503 e. The Bertz CT molecular complexity index is 1100. The van der Waals surface area contributed by atoms with Gasteiger partial charge in [0.2, 0.25) is 5.88 Å². The van der Waals surface area contributed by atoms with Gasteiger partial charge >= 0.3 is 0 Å². The number of ether oxygens (including phenoxy) is 2. The standard InChI is InChI=1S/C24H27N3O5/c1-16-14-18(31-2)5-6-19(16)22(28)20-21(17-4-3-7-25-15-17)27(24(30)23(20)29)9-8-26-10-12-32-13-11-26/h3-7,14-15,29-30H,8-13H2,1-2H3. The van der Waals surface area contributed by atoms with E-state index < -0.39 is 5.75 Å². The molecular weight excluding hydrogens is 410 g/mol. The van der Waals surface area contributed by atoms with Crippen molar-refractivity contribution in [3.05, 3.63) is 59.4 Å². The van der Waals surface area contributed by atoms with Crippen molar-refractivity contribution in [2.45, 2.75) is 13.5 Å². The van der Waals surface area contributed by atoms with Crippen molar-refractivity contribution in [1.82, 2.24) is 14.5 Å². The zero-order chi connectivity index (χ0) is 22.7. The summed E-state index contributed by atoms with van der Waals surface area (Å²) in [6, 6.07) is 8.71. The summed E-state index contributed by atoms with van der Waals surface area (Å²) in [4.78, 5) is 20.0. The molecule has 32 heavy (non-hydrogen) atoms. The molecule has 0 amide bonds. The smallest absolute Gasteiger partial charge is 0.235 e. The Morgan fingerprint density at radius 1 is 1.19 bits per heavy atom. The number of aromatic hydroxyl groups is 2. The van der Waals surface area contributed by atoms with E-state index in [1.54, 1.807) is 48.3 Å². The molecule has 1 saturated heterocycles. The lowest BCUT2D eigenvalue weighted by Gasteiger charge is -2.27. The van der Waals surface area contributed by atoms with Crippen molar-refractivity contribution in [2.24, 2.45) is 0 Å². The third-order valence-electron chi connectivity index (χ3n) is 5.79. The van der Waals surface area contributed by atoms with Crippen molar-refractivity contribution in [3.63, 3.8) is 0 Å². The van der Waals surface area contributed by atoms with Gasteiger partial charge in [-0.3, -0.25) is 14.7 Å². The van der Waals surface area contributed by atoms with E-state index in [9.17, 15) is 15.0 Å². The van der Waals surface area contributed by atoms with E-state index in [2.05, 4.69) is 9.88 Å². The van der Waals surface area contributed by atoms with Crippen LogP contribution in [0.1, 0.15) is 21.5 Å². The van der Waals surface area contributed by atoms with Gasteiger partial charge in [-0.25, -0.2) is 0 Å². The van der Waals surface area contributed by atoms with E-state index in [0.29, 0.717) is 54.4 Å². The molecule has 2 aromatic heterocycles. The summed E-state index contributed by atoms with van der Waals surface area (Å²) >= 11 is 0. The van der Waals surface area contributed by atoms with E-state index in [1.165, 1.54) is 0 Å². The molecule has 0 spiro atoms. The molecule has 0 atom stereocenters. The van der Waals surface area contributed by atoms with Crippen LogP contribution in [0.5, 0.6) is 17.4 Å². The van der Waals surface area contributed by atoms with Crippen LogP contribution >= 0.6 is 0 Å². The topological polar surface area (TPSA) is 97.0 Å². The molecule has 0 unspecified atom stereocenters. The molecule has 1 aromatic carbocycles. The van der Waals surface area contributed by atoms with Crippen molar-refractivity contribution in [1.29, 1.82) is 0 Å². The number of hydrogen-bond acceptors (Lipinski definition) is 7. The Balaban J connectivity index is 1.78. The van der Waals surface area contributed by atoms with Crippen LogP contribution in [0.4, 0.5) is 0 Å². The quantitative estimate of drug-likeness (QED) is 0.549. The fourth-order valence-corrected chi connectivity index (χ4v) is 4.05. The highest BCUT2D eigenvalue weighted by Crippen LogP contribution is 2.42. The van der Waals surface area contributed by atoms with Gasteiger partial charge in [0.25, 0.3) is 0 Å². The zero-order valence-corrected chi connectivity index (χ0v) is 18.2. The van der Waals surface area contributed by atoms with Crippen LogP contribution in [-0.4, -0.2) is 70.4 Å². The fraction of sp³-hybridized carbons (Fsp3) is 0.333. The molecule has 0 bridgehead atoms. The highest BCUT2D eigenvalue weighted by atomic mass is 16.5. The first-order valence-electron chi connectivity index (χ1n) is 10.6. The number of ketones is 1. The number of hydrogen-bond donors (Lipinski definition) is 2. The van der Waals surface area contributed by atoms with Crippen molar-refractivity contribution in [3.8, 4) is 28.6 Å². The lowest BCUT2D eigenvalue weighted by Crippen LogP contribution is -2.38. The van der Waals surface area contributed by atoms with Crippen molar-refractivity contribution < 1.29 is 24.5 Å². The van der Waals surface area contributed by atoms with Crippen LogP contribution in [0.2, 0.25) is 0 Å². The molecule has 1 fully saturated rings. The van der Waals surface area contributed by atoms with E-state index in [1.807, 2.05) is 13.0 Å². The number of carbonyl (C=O) groups excluding carboxylic acids is 1. The summed E-state index contributed by atoms with van der Waals surface area (Å²) < 4.78 is 12.2. The van der Waals surface area contributed by atoms with Gasteiger partial charge in [0.05, 0.1) is 31.6 Å². The molecule has 168 valence electrons. The minimum absolute atomic E-state index is 0.0609. The van der Waals surface area contributed by atoms with Gasteiger partial charge in [-0.15, -0.1) is 0 Å². The summed E-state index contributed by atoms with van der Waals surface area (Å²) in [5, 5.41) is 21.7. The molecule has 0 radical (unpaired) electrons. The summed E-state index contributed by atoms with van der Waals surface area (Å²) in [5.74, 6) is -0.485. The molecule has 4 rings (SSSR count). The number of nitrogens with zero attached hydrogens (tertiary/aromatic N) is 3. The number of methoxy groups -OCH3 is 1. The average molecular weight is 437 g/mol. The Labute approximate surface area is 186 Å². The van der Waals surface area contributed by atoms with Gasteiger partial charge < -0.3 is 24.3 Å². The maximum atomic E-state index is 13.6. The summed E-state index contributed by atoms with van der Waals surface area (Å²) in [6.07, 6.45) is 3.26. The van der Waals surface area contributed by atoms with E-state index in [4.69, 9.17) is 9.47 Å². The molecule has 3 aromatic rings. The molecular formula is C24H27N3O5. The van der Waals surface area contributed by atoms with Gasteiger partial charge in [0.15, 0.2) is 11.5 Å². The van der Waals surface area contributed by atoms with Gasteiger partial charge in [0.1, 0.15) is 5.75 Å². The minimum Gasteiger partial charge on any atom is -0.503 e. The minimum atomic E-state index is -0.425. The number of benzene rings is 1. The summed E-state index contributed by atoms with van der Waals surface area (Å²) in [7, 11) is 1.56. The zero-order valence-electron chi connectivity index (χ0n) is 18.2. The van der Waals surface area contributed by atoms with E-state index in [-0.39, 0.29) is 17.2 Å². The molecule has 3 heterocycles. The second-order valence-corrected chi connectivity index (χ2v) is 7.75. The monoisotopic (exact) mass is 437 g/mol.